The van der Waals surface area contributed by atoms with E-state index in [-0.39, 0.29) is 23.5 Å². The second-order valence-electron chi connectivity index (χ2n) is 7.25. The van der Waals surface area contributed by atoms with E-state index in [4.69, 9.17) is 4.74 Å². The van der Waals surface area contributed by atoms with Crippen LogP contribution in [0, 0.1) is 10.1 Å². The van der Waals surface area contributed by atoms with Crippen LogP contribution in [0.5, 0.6) is 0 Å². The van der Waals surface area contributed by atoms with Crippen LogP contribution in [0.2, 0.25) is 0 Å². The van der Waals surface area contributed by atoms with Gasteiger partial charge < -0.3 is 10.1 Å². The average molecular weight is 445 g/mol. The fraction of sp³-hybridized carbons (Fsp3) is 0.381. The van der Waals surface area contributed by atoms with E-state index in [2.05, 4.69) is 22.9 Å². The van der Waals surface area contributed by atoms with Gasteiger partial charge in [-0.3, -0.25) is 24.8 Å². The van der Waals surface area contributed by atoms with Crippen LogP contribution < -0.4 is 5.32 Å². The molecule has 9 nitrogen and oxygen atoms in total. The van der Waals surface area contributed by atoms with Crippen molar-refractivity contribution in [3.8, 4) is 0 Å². The maximum atomic E-state index is 12.6. The summed E-state index contributed by atoms with van der Waals surface area (Å²) >= 11 is 4.42. The SMILES string of the molecule is O=C(NCCCc1ccccn1)[C@@H]1C[C@H](S)CN1C(=O)OCc1ccc([N+](=O)[O-])cc1. The standard InChI is InChI=1S/C21H24N4O5S/c26-20(23-11-3-5-16-4-1-2-10-22-16)19-12-18(31)13-24(19)21(27)30-14-15-6-8-17(9-7-15)25(28)29/h1-2,4,6-10,18-19,31H,3,5,11-14H2,(H,23,26)/t18-,19-/m0/s1. The van der Waals surface area contributed by atoms with E-state index >= 15 is 0 Å². The molecule has 3 rings (SSSR count). The van der Waals surface area contributed by atoms with E-state index in [1.54, 1.807) is 6.20 Å². The zero-order valence-corrected chi connectivity index (χ0v) is 17.7. The number of carbonyl (C=O) groups excluding carboxylic acids is 2. The highest BCUT2D eigenvalue weighted by Crippen LogP contribution is 2.23. The van der Waals surface area contributed by atoms with Crippen LogP contribution in [0.15, 0.2) is 48.7 Å². The van der Waals surface area contributed by atoms with Gasteiger partial charge in [0.05, 0.1) is 4.92 Å². The molecule has 2 aromatic rings. The summed E-state index contributed by atoms with van der Waals surface area (Å²) in [5, 5.41) is 13.5. The molecule has 0 saturated carbocycles. The molecule has 31 heavy (non-hydrogen) atoms. The van der Waals surface area contributed by atoms with Gasteiger partial charge in [0.1, 0.15) is 12.6 Å². The zero-order chi connectivity index (χ0) is 22.2. The molecular weight excluding hydrogens is 420 g/mol. The molecule has 1 N–H and O–H groups in total. The zero-order valence-electron chi connectivity index (χ0n) is 16.8. The number of ether oxygens (including phenoxy) is 1. The van der Waals surface area contributed by atoms with Gasteiger partial charge in [-0.15, -0.1) is 0 Å². The molecule has 1 aromatic carbocycles. The quantitative estimate of drug-likeness (QED) is 0.280. The minimum atomic E-state index is -0.637. The van der Waals surface area contributed by atoms with Crippen molar-refractivity contribution in [3.63, 3.8) is 0 Å². The Balaban J connectivity index is 1.47. The van der Waals surface area contributed by atoms with Crippen LogP contribution in [0.1, 0.15) is 24.1 Å². The maximum Gasteiger partial charge on any atom is 0.410 e. The van der Waals surface area contributed by atoms with Crippen molar-refractivity contribution in [1.29, 1.82) is 0 Å². The first-order valence-corrected chi connectivity index (χ1v) is 10.5. The average Bonchev–Trinajstić information content (AvgIpc) is 3.18. The van der Waals surface area contributed by atoms with Crippen LogP contribution in [0.3, 0.4) is 0 Å². The number of benzene rings is 1. The van der Waals surface area contributed by atoms with Gasteiger partial charge in [-0.1, -0.05) is 6.07 Å². The Morgan fingerprint density at radius 1 is 1.26 bits per heavy atom. The van der Waals surface area contributed by atoms with E-state index < -0.39 is 17.1 Å². The van der Waals surface area contributed by atoms with Crippen LogP contribution in [0.4, 0.5) is 10.5 Å². The molecule has 2 atom stereocenters. The number of carbonyl (C=O) groups is 2. The van der Waals surface area contributed by atoms with Crippen molar-refractivity contribution < 1.29 is 19.2 Å². The molecular formula is C21H24N4O5S. The summed E-state index contributed by atoms with van der Waals surface area (Å²) in [6, 6.07) is 10.8. The fourth-order valence-corrected chi connectivity index (χ4v) is 3.73. The summed E-state index contributed by atoms with van der Waals surface area (Å²) in [6.07, 6.45) is 3.07. The summed E-state index contributed by atoms with van der Waals surface area (Å²) in [7, 11) is 0. The molecule has 2 heterocycles. The van der Waals surface area contributed by atoms with Gasteiger partial charge in [-0.25, -0.2) is 4.79 Å². The van der Waals surface area contributed by atoms with Gasteiger partial charge in [0.25, 0.3) is 5.69 Å². The van der Waals surface area contributed by atoms with Crippen LogP contribution >= 0.6 is 12.6 Å². The number of nitro benzene ring substituents is 1. The molecule has 0 spiro atoms. The number of amides is 2. The Morgan fingerprint density at radius 2 is 2.03 bits per heavy atom. The molecule has 0 bridgehead atoms. The number of hydrogen-bond acceptors (Lipinski definition) is 7. The molecule has 1 fully saturated rings. The summed E-state index contributed by atoms with van der Waals surface area (Å²) in [5.74, 6) is -0.232. The number of aromatic nitrogens is 1. The lowest BCUT2D eigenvalue weighted by Gasteiger charge is -2.23. The molecule has 1 aliphatic heterocycles. The number of nitrogens with zero attached hydrogens (tertiary/aromatic N) is 3. The highest BCUT2D eigenvalue weighted by Gasteiger charge is 2.39. The maximum absolute atomic E-state index is 12.6. The number of non-ortho nitro benzene ring substituents is 1. The number of pyridine rings is 1. The van der Waals surface area contributed by atoms with Gasteiger partial charge in [-0.05, 0) is 49.1 Å². The minimum Gasteiger partial charge on any atom is -0.445 e. The third-order valence-electron chi connectivity index (χ3n) is 4.96. The number of nitrogens with one attached hydrogen (secondary N) is 1. The number of thiol groups is 1. The molecule has 10 heteroatoms. The summed E-state index contributed by atoms with van der Waals surface area (Å²) in [6.45, 7) is 0.756. The Labute approximate surface area is 185 Å². The largest absolute Gasteiger partial charge is 0.445 e. The van der Waals surface area contributed by atoms with Crippen molar-refractivity contribution >= 4 is 30.3 Å². The van der Waals surface area contributed by atoms with Crippen LogP contribution in [-0.4, -0.2) is 51.2 Å². The van der Waals surface area contributed by atoms with E-state index in [1.165, 1.54) is 29.2 Å². The number of likely N-dealkylation sites (tertiary alicyclic amines) is 1. The molecule has 1 aromatic heterocycles. The smallest absolute Gasteiger partial charge is 0.410 e. The molecule has 2 amide bonds. The molecule has 0 unspecified atom stereocenters. The van der Waals surface area contributed by atoms with Crippen molar-refractivity contribution in [2.45, 2.75) is 37.2 Å². The monoisotopic (exact) mass is 444 g/mol. The Bertz CT molecular complexity index is 910. The first-order valence-electron chi connectivity index (χ1n) is 9.96. The van der Waals surface area contributed by atoms with Gasteiger partial charge in [0.15, 0.2) is 0 Å². The van der Waals surface area contributed by atoms with E-state index in [1.807, 2.05) is 18.2 Å². The Hall–Kier alpha value is -3.14. The fourth-order valence-electron chi connectivity index (χ4n) is 3.35. The lowest BCUT2D eigenvalue weighted by atomic mass is 10.2. The third kappa shape index (κ3) is 6.42. The van der Waals surface area contributed by atoms with Crippen molar-refractivity contribution in [3.05, 3.63) is 70.0 Å². The Kier molecular flexibility index (Phi) is 7.82. The van der Waals surface area contributed by atoms with E-state index in [0.717, 1.165) is 18.5 Å². The van der Waals surface area contributed by atoms with Crippen molar-refractivity contribution in [2.75, 3.05) is 13.1 Å². The second-order valence-corrected chi connectivity index (χ2v) is 7.98. The van der Waals surface area contributed by atoms with Crippen molar-refractivity contribution in [1.82, 2.24) is 15.2 Å². The van der Waals surface area contributed by atoms with Gasteiger partial charge in [0.2, 0.25) is 5.91 Å². The molecule has 1 saturated heterocycles. The molecule has 0 aliphatic carbocycles. The van der Waals surface area contributed by atoms with E-state index in [0.29, 0.717) is 25.1 Å². The number of rotatable bonds is 8. The number of aryl methyl sites for hydroxylation is 1. The topological polar surface area (TPSA) is 115 Å². The molecule has 164 valence electrons. The predicted molar refractivity (Wildman–Crippen MR) is 117 cm³/mol. The van der Waals surface area contributed by atoms with E-state index in [9.17, 15) is 19.7 Å². The highest BCUT2D eigenvalue weighted by molar-refractivity contribution is 7.81. The Morgan fingerprint density at radius 3 is 2.71 bits per heavy atom. The normalized spacial score (nSPS) is 17.9. The second kappa shape index (κ2) is 10.8. The summed E-state index contributed by atoms with van der Waals surface area (Å²) < 4.78 is 5.32. The lowest BCUT2D eigenvalue weighted by molar-refractivity contribution is -0.384. The third-order valence-corrected chi connectivity index (χ3v) is 5.33. The summed E-state index contributed by atoms with van der Waals surface area (Å²) in [4.78, 5) is 41.0. The number of hydrogen-bond donors (Lipinski definition) is 2. The van der Waals surface area contributed by atoms with Crippen LogP contribution in [-0.2, 0) is 22.6 Å². The first kappa shape index (κ1) is 22.5. The molecule has 1 aliphatic rings. The minimum absolute atomic E-state index is 0.0349. The highest BCUT2D eigenvalue weighted by atomic mass is 32.1. The van der Waals surface area contributed by atoms with Gasteiger partial charge in [-0.2, -0.15) is 12.6 Å². The van der Waals surface area contributed by atoms with Gasteiger partial charge >= 0.3 is 6.09 Å². The summed E-state index contributed by atoms with van der Waals surface area (Å²) in [5.41, 5.74) is 1.55. The lowest BCUT2D eigenvalue weighted by Crippen LogP contribution is -2.46. The van der Waals surface area contributed by atoms with Crippen molar-refractivity contribution in [2.24, 2.45) is 0 Å². The first-order chi connectivity index (χ1) is 14.9. The van der Waals surface area contributed by atoms with Gasteiger partial charge in [0, 0.05) is 42.4 Å². The number of nitro groups is 1. The van der Waals surface area contributed by atoms with Crippen LogP contribution in [0.25, 0.3) is 0 Å². The predicted octanol–water partition coefficient (Wildman–Crippen LogP) is 2.75. The molecule has 0 radical (unpaired) electrons.